The number of nitrogens with one attached hydrogen (secondary N) is 1. The van der Waals surface area contributed by atoms with E-state index in [1.165, 1.54) is 0 Å². The van der Waals surface area contributed by atoms with Gasteiger partial charge in [0.1, 0.15) is 5.75 Å². The molecule has 7 heteroatoms. The van der Waals surface area contributed by atoms with Gasteiger partial charge in [-0.05, 0) is 55.2 Å². The van der Waals surface area contributed by atoms with Crippen molar-refractivity contribution in [3.05, 3.63) is 42.2 Å². The molecule has 1 aromatic carbocycles. The Morgan fingerprint density at radius 1 is 1.39 bits per heavy atom. The van der Waals surface area contributed by atoms with Crippen molar-refractivity contribution in [2.24, 2.45) is 5.73 Å². The molecule has 0 unspecified atom stereocenters. The minimum atomic E-state index is -0.504. The number of nitrogens with two attached hydrogens (primary N) is 1. The fourth-order valence-electron chi connectivity index (χ4n) is 1.88. The van der Waals surface area contributed by atoms with E-state index < -0.39 is 6.04 Å². The van der Waals surface area contributed by atoms with Gasteiger partial charge in [0.25, 0.3) is 0 Å². The molecule has 0 aliphatic carbocycles. The van der Waals surface area contributed by atoms with Crippen LogP contribution >= 0.6 is 11.8 Å². The lowest BCUT2D eigenvalue weighted by molar-refractivity contribution is -0.117. The van der Waals surface area contributed by atoms with Crippen molar-refractivity contribution in [3.63, 3.8) is 0 Å². The van der Waals surface area contributed by atoms with Gasteiger partial charge in [-0.1, -0.05) is 0 Å². The third-order valence-electron chi connectivity index (χ3n) is 3.18. The SMILES string of the molecule is CSCC[C@H](N)C(=O)Nc1ccc(Oc2ncccn2)cc1C. The van der Waals surface area contributed by atoms with E-state index in [0.717, 1.165) is 17.0 Å². The van der Waals surface area contributed by atoms with Crippen LogP contribution in [0.5, 0.6) is 11.8 Å². The van der Waals surface area contributed by atoms with Gasteiger partial charge in [0.2, 0.25) is 5.91 Å². The van der Waals surface area contributed by atoms with Crippen LogP contribution in [0.4, 0.5) is 5.69 Å². The quantitative estimate of drug-likeness (QED) is 0.810. The first-order chi connectivity index (χ1) is 11.1. The van der Waals surface area contributed by atoms with E-state index in [4.69, 9.17) is 10.5 Å². The normalized spacial score (nSPS) is 11.8. The van der Waals surface area contributed by atoms with Gasteiger partial charge >= 0.3 is 6.01 Å². The molecule has 1 atom stereocenters. The second kappa shape index (κ2) is 8.50. The van der Waals surface area contributed by atoms with E-state index in [1.54, 1.807) is 42.4 Å². The predicted molar refractivity (Wildman–Crippen MR) is 92.9 cm³/mol. The van der Waals surface area contributed by atoms with Crippen LogP contribution in [0.15, 0.2) is 36.7 Å². The lowest BCUT2D eigenvalue weighted by atomic mass is 10.1. The lowest BCUT2D eigenvalue weighted by Crippen LogP contribution is -2.36. The molecule has 2 rings (SSSR count). The topological polar surface area (TPSA) is 90.1 Å². The third-order valence-corrected chi connectivity index (χ3v) is 3.82. The summed E-state index contributed by atoms with van der Waals surface area (Å²) in [6.45, 7) is 1.89. The number of carbonyl (C=O) groups excluding carboxylic acids is 1. The lowest BCUT2D eigenvalue weighted by Gasteiger charge is -2.14. The molecule has 1 aromatic heterocycles. The fourth-order valence-corrected chi connectivity index (χ4v) is 2.37. The minimum Gasteiger partial charge on any atom is -0.424 e. The van der Waals surface area contributed by atoms with Crippen molar-refractivity contribution in [1.29, 1.82) is 0 Å². The van der Waals surface area contributed by atoms with Gasteiger partial charge in [0.15, 0.2) is 0 Å². The van der Waals surface area contributed by atoms with Gasteiger partial charge < -0.3 is 15.8 Å². The predicted octanol–water partition coefficient (Wildman–Crippen LogP) is 2.60. The van der Waals surface area contributed by atoms with Crippen LogP contribution in [-0.4, -0.2) is 33.9 Å². The highest BCUT2D eigenvalue weighted by Crippen LogP contribution is 2.24. The third kappa shape index (κ3) is 5.22. The van der Waals surface area contributed by atoms with Crippen molar-refractivity contribution in [3.8, 4) is 11.8 Å². The maximum absolute atomic E-state index is 12.0. The van der Waals surface area contributed by atoms with Gasteiger partial charge in [-0.2, -0.15) is 11.8 Å². The summed E-state index contributed by atoms with van der Waals surface area (Å²) in [5.74, 6) is 1.29. The number of ether oxygens (including phenoxy) is 1. The molecule has 6 nitrogen and oxygen atoms in total. The average Bonchev–Trinajstić information content (AvgIpc) is 2.56. The molecule has 0 aliphatic heterocycles. The van der Waals surface area contributed by atoms with E-state index in [-0.39, 0.29) is 11.9 Å². The van der Waals surface area contributed by atoms with Crippen molar-refractivity contribution < 1.29 is 9.53 Å². The molecule has 0 saturated carbocycles. The summed E-state index contributed by atoms with van der Waals surface area (Å²) in [5, 5.41) is 2.85. The number of carbonyl (C=O) groups is 1. The highest BCUT2D eigenvalue weighted by molar-refractivity contribution is 7.98. The van der Waals surface area contributed by atoms with Crippen LogP contribution < -0.4 is 15.8 Å². The Morgan fingerprint density at radius 3 is 2.78 bits per heavy atom. The van der Waals surface area contributed by atoms with Gasteiger partial charge in [0.05, 0.1) is 6.04 Å². The van der Waals surface area contributed by atoms with Crippen LogP contribution in [-0.2, 0) is 4.79 Å². The Hall–Kier alpha value is -2.12. The summed E-state index contributed by atoms with van der Waals surface area (Å²) in [4.78, 5) is 20.1. The number of rotatable bonds is 7. The van der Waals surface area contributed by atoms with Crippen molar-refractivity contribution in [2.45, 2.75) is 19.4 Å². The van der Waals surface area contributed by atoms with E-state index >= 15 is 0 Å². The van der Waals surface area contributed by atoms with Crippen LogP contribution in [0.3, 0.4) is 0 Å². The molecule has 23 heavy (non-hydrogen) atoms. The monoisotopic (exact) mass is 332 g/mol. The standard InChI is InChI=1S/C16H20N4O2S/c1-11-10-12(22-16-18-7-3-8-19-16)4-5-14(11)20-15(21)13(17)6-9-23-2/h3-5,7-8,10,13H,6,9,17H2,1-2H3,(H,20,21)/t13-/m0/s1. The van der Waals surface area contributed by atoms with Crippen LogP contribution in [0, 0.1) is 6.92 Å². The van der Waals surface area contributed by atoms with E-state index in [9.17, 15) is 4.79 Å². The summed E-state index contributed by atoms with van der Waals surface area (Å²) < 4.78 is 5.56. The van der Waals surface area contributed by atoms with Crippen molar-refractivity contribution in [2.75, 3.05) is 17.3 Å². The molecule has 0 aliphatic rings. The van der Waals surface area contributed by atoms with Crippen molar-refractivity contribution >= 4 is 23.4 Å². The zero-order valence-corrected chi connectivity index (χ0v) is 14.0. The summed E-state index contributed by atoms with van der Waals surface area (Å²) in [6, 6.07) is 6.86. The molecule has 0 saturated heterocycles. The first kappa shape index (κ1) is 17.2. The van der Waals surface area contributed by atoms with Gasteiger partial charge in [-0.3, -0.25) is 4.79 Å². The zero-order valence-electron chi connectivity index (χ0n) is 13.2. The molecule has 0 bridgehead atoms. The number of amides is 1. The Bertz CT molecular complexity index is 652. The highest BCUT2D eigenvalue weighted by Gasteiger charge is 2.14. The Labute approximate surface area is 139 Å². The molecule has 1 heterocycles. The van der Waals surface area contributed by atoms with Crippen LogP contribution in [0.25, 0.3) is 0 Å². The van der Waals surface area contributed by atoms with Gasteiger partial charge in [0, 0.05) is 18.1 Å². The number of hydrogen-bond acceptors (Lipinski definition) is 6. The van der Waals surface area contributed by atoms with Gasteiger partial charge in [-0.25, -0.2) is 9.97 Å². The second-order valence-corrected chi connectivity index (χ2v) is 5.97. The largest absolute Gasteiger partial charge is 0.424 e. The minimum absolute atomic E-state index is 0.179. The maximum atomic E-state index is 12.0. The summed E-state index contributed by atoms with van der Waals surface area (Å²) in [7, 11) is 0. The number of anilines is 1. The molecule has 0 radical (unpaired) electrons. The number of aromatic nitrogens is 2. The Morgan fingerprint density at radius 2 is 2.13 bits per heavy atom. The molecular weight excluding hydrogens is 312 g/mol. The number of aryl methyl sites for hydroxylation is 1. The van der Waals surface area contributed by atoms with Crippen molar-refractivity contribution in [1.82, 2.24) is 9.97 Å². The number of thioether (sulfide) groups is 1. The average molecular weight is 332 g/mol. The van der Waals surface area contributed by atoms with Crippen LogP contribution in [0.1, 0.15) is 12.0 Å². The number of benzene rings is 1. The molecule has 122 valence electrons. The van der Waals surface area contributed by atoms with E-state index in [1.807, 2.05) is 19.2 Å². The number of nitrogens with zero attached hydrogens (tertiary/aromatic N) is 2. The molecule has 1 amide bonds. The Kier molecular flexibility index (Phi) is 6.37. The first-order valence-corrected chi connectivity index (χ1v) is 8.60. The molecule has 0 spiro atoms. The van der Waals surface area contributed by atoms with E-state index in [0.29, 0.717) is 12.2 Å². The summed E-state index contributed by atoms with van der Waals surface area (Å²) in [6.07, 6.45) is 5.86. The highest BCUT2D eigenvalue weighted by atomic mass is 32.2. The summed E-state index contributed by atoms with van der Waals surface area (Å²) in [5.41, 5.74) is 7.46. The van der Waals surface area contributed by atoms with Crippen LogP contribution in [0.2, 0.25) is 0 Å². The zero-order chi connectivity index (χ0) is 16.7. The molecule has 2 aromatic rings. The molecular formula is C16H20N4O2S. The molecule has 0 fully saturated rings. The molecule has 3 N–H and O–H groups in total. The maximum Gasteiger partial charge on any atom is 0.321 e. The van der Waals surface area contributed by atoms with E-state index in [2.05, 4.69) is 15.3 Å². The van der Waals surface area contributed by atoms with Gasteiger partial charge in [-0.15, -0.1) is 0 Å². The fraction of sp³-hybridized carbons (Fsp3) is 0.312. The number of hydrogen-bond donors (Lipinski definition) is 2. The Balaban J connectivity index is 2.00. The smallest absolute Gasteiger partial charge is 0.321 e. The summed E-state index contributed by atoms with van der Waals surface area (Å²) >= 11 is 1.67. The first-order valence-electron chi connectivity index (χ1n) is 7.21. The second-order valence-electron chi connectivity index (χ2n) is 4.99.